The first-order valence-electron chi connectivity index (χ1n) is 6.37. The predicted octanol–water partition coefficient (Wildman–Crippen LogP) is 4.94. The fraction of sp³-hybridized carbons (Fsp3) is 0.143. The summed E-state index contributed by atoms with van der Waals surface area (Å²) in [5.41, 5.74) is 0.639. The first kappa shape index (κ1) is 15.5. The Morgan fingerprint density at radius 2 is 2.23 bits per heavy atom. The molecule has 0 atom stereocenters. The molecule has 0 aliphatic heterocycles. The first-order valence-corrected chi connectivity index (χ1v) is 8.97. The Labute approximate surface area is 143 Å². The Hall–Kier alpha value is -1.38. The van der Waals surface area contributed by atoms with E-state index in [4.69, 9.17) is 4.42 Å². The molecule has 3 aromatic rings. The quantitative estimate of drug-likeness (QED) is 0.595. The maximum absolute atomic E-state index is 13.7. The second-order valence-corrected chi connectivity index (χ2v) is 7.45. The van der Waals surface area contributed by atoms with Gasteiger partial charge in [-0.25, -0.2) is 4.39 Å². The van der Waals surface area contributed by atoms with Crippen LogP contribution in [0.2, 0.25) is 0 Å². The van der Waals surface area contributed by atoms with Crippen LogP contribution in [-0.2, 0) is 12.3 Å². The van der Waals surface area contributed by atoms with Crippen LogP contribution in [0.4, 0.5) is 9.52 Å². The van der Waals surface area contributed by atoms with Crippen molar-refractivity contribution in [2.75, 3.05) is 5.32 Å². The lowest BCUT2D eigenvalue weighted by molar-refractivity contribution is 0.518. The molecular weight excluding hydrogens is 389 g/mol. The van der Waals surface area contributed by atoms with E-state index in [-0.39, 0.29) is 5.82 Å². The van der Waals surface area contributed by atoms with Crippen molar-refractivity contribution in [1.29, 1.82) is 0 Å². The fourth-order valence-corrected chi connectivity index (χ4v) is 3.84. The molecule has 0 amide bonds. The summed E-state index contributed by atoms with van der Waals surface area (Å²) in [6.45, 7) is 0.562. The highest BCUT2D eigenvalue weighted by Gasteiger charge is 2.08. The van der Waals surface area contributed by atoms with Crippen molar-refractivity contribution in [2.24, 2.45) is 0 Å². The third kappa shape index (κ3) is 4.08. The molecule has 0 bridgehead atoms. The number of halogens is 2. The molecule has 0 saturated heterocycles. The molecule has 0 aliphatic carbocycles. The Morgan fingerprint density at radius 1 is 1.32 bits per heavy atom. The van der Waals surface area contributed by atoms with E-state index in [1.165, 1.54) is 29.2 Å². The lowest BCUT2D eigenvalue weighted by Crippen LogP contribution is -1.96. The summed E-state index contributed by atoms with van der Waals surface area (Å²) in [7, 11) is 0. The first-order chi connectivity index (χ1) is 10.7. The molecule has 2 heterocycles. The smallest absolute Gasteiger partial charge is 0.206 e. The van der Waals surface area contributed by atoms with Gasteiger partial charge in [0.05, 0.1) is 12.8 Å². The number of benzene rings is 1. The number of thioether (sulfide) groups is 1. The summed E-state index contributed by atoms with van der Waals surface area (Å²) in [6.07, 6.45) is 1.63. The highest BCUT2D eigenvalue weighted by molar-refractivity contribution is 9.10. The maximum atomic E-state index is 13.7. The van der Waals surface area contributed by atoms with Gasteiger partial charge in [0.15, 0.2) is 4.34 Å². The number of hydrogen-bond acceptors (Lipinski definition) is 6. The zero-order valence-corrected chi connectivity index (χ0v) is 14.5. The van der Waals surface area contributed by atoms with Crippen LogP contribution in [0, 0.1) is 5.82 Å². The Balaban J connectivity index is 1.56. The summed E-state index contributed by atoms with van der Waals surface area (Å²) in [5, 5.41) is 12.0. The van der Waals surface area contributed by atoms with Crippen LogP contribution in [0.1, 0.15) is 11.3 Å². The molecule has 0 saturated carbocycles. The van der Waals surface area contributed by atoms with Crippen molar-refractivity contribution >= 4 is 44.2 Å². The molecule has 0 radical (unpaired) electrons. The van der Waals surface area contributed by atoms with Gasteiger partial charge in [-0.2, -0.15) is 0 Å². The van der Waals surface area contributed by atoms with Crippen molar-refractivity contribution in [2.45, 2.75) is 16.6 Å². The topological polar surface area (TPSA) is 51.0 Å². The molecule has 2 aromatic heterocycles. The number of rotatable bonds is 6. The minimum atomic E-state index is -0.212. The second-order valence-electron chi connectivity index (χ2n) is 4.33. The Kier molecular flexibility index (Phi) is 5.12. The minimum absolute atomic E-state index is 0.212. The molecule has 3 rings (SSSR count). The van der Waals surface area contributed by atoms with Gasteiger partial charge in [-0.15, -0.1) is 10.2 Å². The van der Waals surface area contributed by atoms with Gasteiger partial charge >= 0.3 is 0 Å². The van der Waals surface area contributed by atoms with E-state index in [0.29, 0.717) is 23.0 Å². The molecule has 4 nitrogen and oxygen atoms in total. The molecule has 114 valence electrons. The van der Waals surface area contributed by atoms with Crippen molar-refractivity contribution in [3.05, 3.63) is 58.2 Å². The lowest BCUT2D eigenvalue weighted by atomic mass is 10.2. The van der Waals surface area contributed by atoms with E-state index in [1.807, 2.05) is 12.1 Å². The molecule has 0 fully saturated rings. The number of furan rings is 1. The number of nitrogens with one attached hydrogen (secondary N) is 1. The number of anilines is 1. The number of aromatic nitrogens is 2. The van der Waals surface area contributed by atoms with Gasteiger partial charge in [-0.1, -0.05) is 39.0 Å². The summed E-state index contributed by atoms with van der Waals surface area (Å²) >= 11 is 6.24. The van der Waals surface area contributed by atoms with Gasteiger partial charge in [-0.05, 0) is 35.9 Å². The van der Waals surface area contributed by atoms with Crippen molar-refractivity contribution < 1.29 is 8.81 Å². The van der Waals surface area contributed by atoms with Crippen LogP contribution in [0.3, 0.4) is 0 Å². The van der Waals surface area contributed by atoms with Crippen molar-refractivity contribution in [3.63, 3.8) is 0 Å². The van der Waals surface area contributed by atoms with Crippen LogP contribution >= 0.6 is 39.0 Å². The standard InChI is InChI=1S/C14H11BrFN3OS2/c15-10-3-4-12(16)9(6-10)8-21-14-19-18-13(22-14)17-7-11-2-1-5-20-11/h1-6H,7-8H2,(H,17,18). The monoisotopic (exact) mass is 399 g/mol. The molecule has 22 heavy (non-hydrogen) atoms. The Morgan fingerprint density at radius 3 is 3.05 bits per heavy atom. The Bertz CT molecular complexity index is 748. The van der Waals surface area contributed by atoms with Crippen LogP contribution in [0.15, 0.2) is 49.8 Å². The van der Waals surface area contributed by atoms with Gasteiger partial charge in [0, 0.05) is 10.2 Å². The van der Waals surface area contributed by atoms with E-state index in [2.05, 4.69) is 31.4 Å². The van der Waals surface area contributed by atoms with Gasteiger partial charge in [0.1, 0.15) is 11.6 Å². The van der Waals surface area contributed by atoms with E-state index in [9.17, 15) is 4.39 Å². The van der Waals surface area contributed by atoms with E-state index in [0.717, 1.165) is 14.6 Å². The normalized spacial score (nSPS) is 10.8. The van der Waals surface area contributed by atoms with E-state index < -0.39 is 0 Å². The van der Waals surface area contributed by atoms with E-state index >= 15 is 0 Å². The molecule has 0 spiro atoms. The summed E-state index contributed by atoms with van der Waals surface area (Å²) in [5.74, 6) is 1.13. The largest absolute Gasteiger partial charge is 0.467 e. The molecule has 0 unspecified atom stereocenters. The maximum Gasteiger partial charge on any atom is 0.206 e. The SMILES string of the molecule is Fc1ccc(Br)cc1CSc1nnc(NCc2ccco2)s1. The van der Waals surface area contributed by atoms with Gasteiger partial charge in [0.2, 0.25) is 5.13 Å². The average molecular weight is 400 g/mol. The third-order valence-corrected chi connectivity index (χ3v) is 5.32. The number of hydrogen-bond donors (Lipinski definition) is 1. The highest BCUT2D eigenvalue weighted by Crippen LogP contribution is 2.30. The molecule has 1 N–H and O–H groups in total. The van der Waals surface area contributed by atoms with Gasteiger partial charge in [-0.3, -0.25) is 0 Å². The van der Waals surface area contributed by atoms with Gasteiger partial charge in [0.25, 0.3) is 0 Å². The minimum Gasteiger partial charge on any atom is -0.467 e. The zero-order chi connectivity index (χ0) is 15.4. The van der Waals surface area contributed by atoms with Crippen molar-refractivity contribution in [1.82, 2.24) is 10.2 Å². The number of nitrogens with zero attached hydrogens (tertiary/aromatic N) is 2. The highest BCUT2D eigenvalue weighted by atomic mass is 79.9. The molecule has 1 aromatic carbocycles. The third-order valence-electron chi connectivity index (χ3n) is 2.76. The van der Waals surface area contributed by atoms with Crippen molar-refractivity contribution in [3.8, 4) is 0 Å². The lowest BCUT2D eigenvalue weighted by Gasteiger charge is -2.01. The average Bonchev–Trinajstić information content (AvgIpc) is 3.17. The molecule has 0 aliphatic rings. The summed E-state index contributed by atoms with van der Waals surface area (Å²) in [6, 6.07) is 8.64. The van der Waals surface area contributed by atoms with Crippen LogP contribution in [-0.4, -0.2) is 10.2 Å². The van der Waals surface area contributed by atoms with Crippen LogP contribution in [0.25, 0.3) is 0 Å². The molecular formula is C14H11BrFN3OS2. The van der Waals surface area contributed by atoms with E-state index in [1.54, 1.807) is 18.4 Å². The summed E-state index contributed by atoms with van der Waals surface area (Å²) in [4.78, 5) is 0. The predicted molar refractivity (Wildman–Crippen MR) is 89.6 cm³/mol. The van der Waals surface area contributed by atoms with Crippen LogP contribution < -0.4 is 5.32 Å². The molecule has 8 heteroatoms. The fourth-order valence-electron chi connectivity index (χ4n) is 1.71. The zero-order valence-electron chi connectivity index (χ0n) is 11.3. The summed E-state index contributed by atoms with van der Waals surface area (Å²) < 4.78 is 20.6. The van der Waals surface area contributed by atoms with Crippen LogP contribution in [0.5, 0.6) is 0 Å². The second kappa shape index (κ2) is 7.26. The van der Waals surface area contributed by atoms with Gasteiger partial charge < -0.3 is 9.73 Å².